The van der Waals surface area contributed by atoms with Crippen molar-refractivity contribution in [2.45, 2.75) is 19.9 Å². The lowest BCUT2D eigenvalue weighted by Gasteiger charge is -2.07. The Hall–Kier alpha value is -2.51. The van der Waals surface area contributed by atoms with E-state index in [1.54, 1.807) is 23.9 Å². The van der Waals surface area contributed by atoms with Gasteiger partial charge in [-0.15, -0.1) is 5.10 Å². The molecule has 0 aliphatic carbocycles. The quantitative estimate of drug-likeness (QED) is 0.611. The van der Waals surface area contributed by atoms with Gasteiger partial charge in [-0.25, -0.2) is 14.8 Å². The van der Waals surface area contributed by atoms with Crippen molar-refractivity contribution in [2.24, 2.45) is 0 Å². The zero-order chi connectivity index (χ0) is 14.4. The number of carbonyl (C=O) groups excluding carboxylic acids is 1. The molecule has 8 heteroatoms. The Balaban J connectivity index is 1.89. The van der Waals surface area contributed by atoms with Crippen LogP contribution in [0.5, 0.6) is 0 Å². The predicted molar refractivity (Wildman–Crippen MR) is 71.2 cm³/mol. The van der Waals surface area contributed by atoms with Crippen molar-refractivity contribution in [1.29, 1.82) is 0 Å². The molecule has 0 unspecified atom stereocenters. The monoisotopic (exact) mass is 276 g/mol. The molecule has 0 saturated carbocycles. The molecule has 1 N–H and O–H groups in total. The molecule has 0 spiro atoms. The van der Waals surface area contributed by atoms with Crippen LogP contribution in [-0.2, 0) is 11.3 Å². The summed E-state index contributed by atoms with van der Waals surface area (Å²) in [7, 11) is 1.30. The number of nitrogens with zero attached hydrogens (tertiary/aromatic N) is 5. The van der Waals surface area contributed by atoms with Crippen molar-refractivity contribution in [1.82, 2.24) is 25.0 Å². The molecule has 0 aliphatic rings. The maximum absolute atomic E-state index is 11.4. The predicted octanol–water partition coefficient (Wildman–Crippen LogP) is 0.665. The summed E-state index contributed by atoms with van der Waals surface area (Å²) in [6.45, 7) is 3.27. The Kier molecular flexibility index (Phi) is 4.59. The lowest BCUT2D eigenvalue weighted by molar-refractivity contribution is 0.0586. The number of rotatable bonds is 6. The van der Waals surface area contributed by atoms with E-state index in [-0.39, 0.29) is 5.82 Å². The van der Waals surface area contributed by atoms with Gasteiger partial charge in [0.2, 0.25) is 5.82 Å². The van der Waals surface area contributed by atoms with Crippen LogP contribution in [-0.4, -0.2) is 44.6 Å². The molecule has 0 atom stereocenters. The van der Waals surface area contributed by atoms with Crippen LogP contribution in [0.3, 0.4) is 0 Å². The summed E-state index contributed by atoms with van der Waals surface area (Å²) in [6.07, 6.45) is 4.31. The van der Waals surface area contributed by atoms with E-state index in [0.29, 0.717) is 18.1 Å². The molecule has 2 heterocycles. The van der Waals surface area contributed by atoms with Gasteiger partial charge in [0.15, 0.2) is 0 Å². The maximum atomic E-state index is 11.4. The number of hydrogen-bond acceptors (Lipinski definition) is 7. The number of carbonyl (C=O) groups is 1. The van der Waals surface area contributed by atoms with Gasteiger partial charge in [0.05, 0.1) is 13.3 Å². The van der Waals surface area contributed by atoms with E-state index in [2.05, 4.69) is 30.3 Å². The molecule has 0 amide bonds. The first-order chi connectivity index (χ1) is 9.69. The first-order valence-electron chi connectivity index (χ1n) is 6.21. The Morgan fingerprint density at radius 2 is 2.30 bits per heavy atom. The van der Waals surface area contributed by atoms with Crippen molar-refractivity contribution in [3.63, 3.8) is 0 Å². The fraction of sp³-hybridized carbons (Fsp3) is 0.417. The molecule has 0 aromatic carbocycles. The largest absolute Gasteiger partial charge is 0.463 e. The van der Waals surface area contributed by atoms with E-state index in [0.717, 1.165) is 13.0 Å². The topological polar surface area (TPSA) is 94.8 Å². The molecule has 2 aromatic heterocycles. The molecule has 106 valence electrons. The van der Waals surface area contributed by atoms with Gasteiger partial charge in [-0.2, -0.15) is 0 Å². The second kappa shape index (κ2) is 6.60. The fourth-order valence-electron chi connectivity index (χ4n) is 1.65. The Morgan fingerprint density at radius 3 is 3.00 bits per heavy atom. The van der Waals surface area contributed by atoms with E-state index < -0.39 is 5.97 Å². The van der Waals surface area contributed by atoms with E-state index in [1.165, 1.54) is 7.11 Å². The van der Waals surface area contributed by atoms with Gasteiger partial charge in [0, 0.05) is 31.0 Å². The van der Waals surface area contributed by atoms with Gasteiger partial charge in [-0.1, -0.05) is 5.21 Å². The molecule has 0 aliphatic heterocycles. The molecule has 2 aromatic rings. The highest BCUT2D eigenvalue weighted by Crippen LogP contribution is 2.07. The average Bonchev–Trinajstić information content (AvgIpc) is 2.95. The first-order valence-corrected chi connectivity index (χ1v) is 6.21. The van der Waals surface area contributed by atoms with Crippen LogP contribution in [0.1, 0.15) is 22.7 Å². The van der Waals surface area contributed by atoms with E-state index in [1.807, 2.05) is 6.20 Å². The van der Waals surface area contributed by atoms with Crippen LogP contribution in [0.4, 0.5) is 5.82 Å². The molecule has 8 nitrogen and oxygen atoms in total. The molecule has 0 saturated heterocycles. The second-order valence-electron chi connectivity index (χ2n) is 4.16. The average molecular weight is 276 g/mol. The molecule has 0 bridgehead atoms. The van der Waals surface area contributed by atoms with Crippen molar-refractivity contribution >= 4 is 11.8 Å². The van der Waals surface area contributed by atoms with Crippen LogP contribution in [0.25, 0.3) is 0 Å². The van der Waals surface area contributed by atoms with Gasteiger partial charge in [0.1, 0.15) is 5.82 Å². The van der Waals surface area contributed by atoms with Gasteiger partial charge < -0.3 is 10.1 Å². The van der Waals surface area contributed by atoms with E-state index in [4.69, 9.17) is 0 Å². The minimum Gasteiger partial charge on any atom is -0.463 e. The lowest BCUT2D eigenvalue weighted by atomic mass is 10.3. The second-order valence-corrected chi connectivity index (χ2v) is 4.16. The van der Waals surface area contributed by atoms with Gasteiger partial charge in [0.25, 0.3) is 0 Å². The third-order valence-corrected chi connectivity index (χ3v) is 2.56. The fourth-order valence-corrected chi connectivity index (χ4v) is 1.65. The number of nitrogens with one attached hydrogen (secondary N) is 1. The highest BCUT2D eigenvalue weighted by molar-refractivity contribution is 5.85. The number of hydrogen-bond donors (Lipinski definition) is 1. The Morgan fingerprint density at radius 1 is 1.45 bits per heavy atom. The third-order valence-electron chi connectivity index (χ3n) is 2.56. The summed E-state index contributed by atoms with van der Waals surface area (Å²) in [4.78, 5) is 19.5. The molecular weight excluding hydrogens is 260 g/mol. The highest BCUT2D eigenvalue weighted by atomic mass is 16.5. The van der Waals surface area contributed by atoms with Gasteiger partial charge in [-0.05, 0) is 13.3 Å². The van der Waals surface area contributed by atoms with Crippen LogP contribution in [0, 0.1) is 6.92 Å². The van der Waals surface area contributed by atoms with Crippen molar-refractivity contribution < 1.29 is 9.53 Å². The number of methoxy groups -OCH3 is 1. The lowest BCUT2D eigenvalue weighted by Crippen LogP contribution is -2.13. The number of ether oxygens (including phenoxy) is 1. The number of aryl methyl sites for hydroxylation is 2. The molecule has 0 radical (unpaired) electrons. The van der Waals surface area contributed by atoms with E-state index >= 15 is 0 Å². The van der Waals surface area contributed by atoms with Crippen LogP contribution < -0.4 is 5.32 Å². The van der Waals surface area contributed by atoms with Crippen molar-refractivity contribution in [3.8, 4) is 0 Å². The van der Waals surface area contributed by atoms with Crippen LogP contribution in [0.2, 0.25) is 0 Å². The number of esters is 1. The zero-order valence-electron chi connectivity index (χ0n) is 11.4. The maximum Gasteiger partial charge on any atom is 0.376 e. The smallest absolute Gasteiger partial charge is 0.376 e. The third kappa shape index (κ3) is 3.74. The van der Waals surface area contributed by atoms with Crippen molar-refractivity contribution in [3.05, 3.63) is 30.0 Å². The Labute approximate surface area is 116 Å². The standard InChI is InChI=1S/C12H16N6O2/c1-9-8-10(16-11(15-9)12(19)20-2)13-4-3-6-18-7-5-14-17-18/h5,7-8H,3-4,6H2,1-2H3,(H,13,15,16). The molecule has 0 fully saturated rings. The molecule has 20 heavy (non-hydrogen) atoms. The summed E-state index contributed by atoms with van der Waals surface area (Å²) < 4.78 is 6.37. The van der Waals surface area contributed by atoms with Gasteiger partial charge in [-0.3, -0.25) is 4.68 Å². The van der Waals surface area contributed by atoms with Crippen LogP contribution in [0.15, 0.2) is 18.5 Å². The summed E-state index contributed by atoms with van der Waals surface area (Å²) in [5, 5.41) is 10.8. The normalized spacial score (nSPS) is 10.3. The van der Waals surface area contributed by atoms with Gasteiger partial charge >= 0.3 is 5.97 Å². The SMILES string of the molecule is COC(=O)c1nc(C)cc(NCCCn2ccnn2)n1. The Bertz CT molecular complexity index is 569. The molecule has 2 rings (SSSR count). The summed E-state index contributed by atoms with van der Waals surface area (Å²) in [5.41, 5.74) is 0.708. The first kappa shape index (κ1) is 13.9. The number of anilines is 1. The minimum atomic E-state index is -0.542. The number of aromatic nitrogens is 5. The summed E-state index contributed by atoms with van der Waals surface area (Å²) >= 11 is 0. The minimum absolute atomic E-state index is 0.0614. The van der Waals surface area contributed by atoms with E-state index in [9.17, 15) is 4.79 Å². The summed E-state index contributed by atoms with van der Waals surface area (Å²) in [6, 6.07) is 1.78. The highest BCUT2D eigenvalue weighted by Gasteiger charge is 2.11. The summed E-state index contributed by atoms with van der Waals surface area (Å²) in [5.74, 6) is 0.127. The zero-order valence-corrected chi connectivity index (χ0v) is 11.4. The van der Waals surface area contributed by atoms with Crippen LogP contribution >= 0.6 is 0 Å². The molecular formula is C12H16N6O2. The van der Waals surface area contributed by atoms with Crippen molar-refractivity contribution in [2.75, 3.05) is 19.0 Å².